The Morgan fingerprint density at radius 1 is 1.31 bits per heavy atom. The molecule has 1 heterocycles. The summed E-state index contributed by atoms with van der Waals surface area (Å²) in [5.41, 5.74) is 0.427. The van der Waals surface area contributed by atoms with Gasteiger partial charge in [-0.2, -0.15) is 13.2 Å². The van der Waals surface area contributed by atoms with Crippen LogP contribution in [0.2, 0.25) is 0 Å². The van der Waals surface area contributed by atoms with Crippen molar-refractivity contribution in [2.45, 2.75) is 12.7 Å². The number of benzene rings is 1. The van der Waals surface area contributed by atoms with Gasteiger partial charge in [0.25, 0.3) is 0 Å². The Kier molecular flexibility index (Phi) is 2.63. The van der Waals surface area contributed by atoms with E-state index >= 15 is 0 Å². The molecule has 2 nitrogen and oxygen atoms in total. The SMILES string of the molecule is CNCc1coc2cc(C(F)(F)F)ccc12. The monoisotopic (exact) mass is 229 g/mol. The highest BCUT2D eigenvalue weighted by molar-refractivity contribution is 5.81. The van der Waals surface area contributed by atoms with Gasteiger partial charge in [-0.3, -0.25) is 0 Å². The lowest BCUT2D eigenvalue weighted by atomic mass is 10.1. The molecule has 1 N–H and O–H groups in total. The van der Waals surface area contributed by atoms with E-state index in [4.69, 9.17) is 4.42 Å². The molecule has 0 atom stereocenters. The van der Waals surface area contributed by atoms with Crippen LogP contribution in [-0.4, -0.2) is 7.05 Å². The van der Waals surface area contributed by atoms with Gasteiger partial charge in [-0.05, 0) is 19.2 Å². The molecule has 5 heteroatoms. The third-order valence-electron chi connectivity index (χ3n) is 2.35. The van der Waals surface area contributed by atoms with Gasteiger partial charge >= 0.3 is 6.18 Å². The fraction of sp³-hybridized carbons (Fsp3) is 0.273. The highest BCUT2D eigenvalue weighted by Gasteiger charge is 2.30. The molecular formula is C11H10F3NO. The zero-order chi connectivity index (χ0) is 11.8. The molecule has 2 aromatic rings. The summed E-state index contributed by atoms with van der Waals surface area (Å²) in [4.78, 5) is 0. The first-order chi connectivity index (χ1) is 7.52. The van der Waals surface area contributed by atoms with E-state index in [0.717, 1.165) is 17.7 Å². The standard InChI is InChI=1S/C11H10F3NO/c1-15-5-7-6-16-10-4-8(11(12,13)14)2-3-9(7)10/h2-4,6,15H,5H2,1H3. The lowest BCUT2D eigenvalue weighted by Crippen LogP contribution is -2.05. The van der Waals surface area contributed by atoms with E-state index in [1.165, 1.54) is 12.3 Å². The predicted octanol–water partition coefficient (Wildman–Crippen LogP) is 3.17. The third-order valence-corrected chi connectivity index (χ3v) is 2.35. The maximum absolute atomic E-state index is 12.4. The molecule has 0 spiro atoms. The third kappa shape index (κ3) is 1.90. The van der Waals surface area contributed by atoms with E-state index in [2.05, 4.69) is 5.32 Å². The summed E-state index contributed by atoms with van der Waals surface area (Å²) in [7, 11) is 1.77. The molecule has 0 aliphatic rings. The van der Waals surface area contributed by atoms with Crippen LogP contribution >= 0.6 is 0 Å². The Bertz CT molecular complexity index is 501. The molecule has 1 aromatic carbocycles. The summed E-state index contributed by atoms with van der Waals surface area (Å²) in [5, 5.41) is 3.64. The Hall–Kier alpha value is -1.49. The topological polar surface area (TPSA) is 25.2 Å². The highest BCUT2D eigenvalue weighted by atomic mass is 19.4. The van der Waals surface area contributed by atoms with Crippen molar-refractivity contribution in [3.05, 3.63) is 35.6 Å². The average molecular weight is 229 g/mol. The summed E-state index contributed by atoms with van der Waals surface area (Å²) in [6.45, 7) is 0.568. The van der Waals surface area contributed by atoms with Gasteiger partial charge in [0.2, 0.25) is 0 Å². The summed E-state index contributed by atoms with van der Waals surface area (Å²) in [6, 6.07) is 3.53. The first-order valence-electron chi connectivity index (χ1n) is 4.74. The number of nitrogens with one attached hydrogen (secondary N) is 1. The normalized spacial score (nSPS) is 12.2. The van der Waals surface area contributed by atoms with Gasteiger partial charge < -0.3 is 9.73 Å². The minimum atomic E-state index is -4.33. The number of hydrogen-bond acceptors (Lipinski definition) is 2. The highest BCUT2D eigenvalue weighted by Crippen LogP contribution is 2.32. The van der Waals surface area contributed by atoms with Crippen LogP contribution in [0.25, 0.3) is 11.0 Å². The Morgan fingerprint density at radius 2 is 2.06 bits per heavy atom. The maximum Gasteiger partial charge on any atom is 0.416 e. The van der Waals surface area contributed by atoms with Gasteiger partial charge in [0.1, 0.15) is 5.58 Å². The van der Waals surface area contributed by atoms with Crippen LogP contribution in [0.5, 0.6) is 0 Å². The molecule has 0 saturated heterocycles. The van der Waals surface area contributed by atoms with Gasteiger partial charge in [-0.15, -0.1) is 0 Å². The van der Waals surface area contributed by atoms with Gasteiger partial charge in [0.05, 0.1) is 11.8 Å². The second-order valence-electron chi connectivity index (χ2n) is 3.50. The van der Waals surface area contributed by atoms with Crippen LogP contribution in [0, 0.1) is 0 Å². The van der Waals surface area contributed by atoms with Crippen molar-refractivity contribution in [2.24, 2.45) is 0 Å². The van der Waals surface area contributed by atoms with Crippen LogP contribution < -0.4 is 5.32 Å². The van der Waals surface area contributed by atoms with Crippen molar-refractivity contribution < 1.29 is 17.6 Å². The Morgan fingerprint density at radius 3 is 2.69 bits per heavy atom. The molecule has 0 bridgehead atoms. The van der Waals surface area contributed by atoms with Crippen LogP contribution in [0.15, 0.2) is 28.9 Å². The average Bonchev–Trinajstić information content (AvgIpc) is 2.60. The van der Waals surface area contributed by atoms with Crippen molar-refractivity contribution in [1.82, 2.24) is 5.32 Å². The maximum atomic E-state index is 12.4. The Balaban J connectivity index is 2.49. The fourth-order valence-corrected chi connectivity index (χ4v) is 1.59. The van der Waals surface area contributed by atoms with Gasteiger partial charge in [0, 0.05) is 17.5 Å². The number of alkyl halides is 3. The Labute approximate surface area is 90.0 Å². The molecule has 0 aliphatic carbocycles. The van der Waals surface area contributed by atoms with E-state index in [-0.39, 0.29) is 5.58 Å². The largest absolute Gasteiger partial charge is 0.464 e. The van der Waals surface area contributed by atoms with Gasteiger partial charge in [-0.25, -0.2) is 0 Å². The van der Waals surface area contributed by atoms with Crippen LogP contribution in [0.1, 0.15) is 11.1 Å². The number of furan rings is 1. The van der Waals surface area contributed by atoms with Gasteiger partial charge in [0.15, 0.2) is 0 Å². The number of halogens is 3. The first-order valence-corrected chi connectivity index (χ1v) is 4.74. The van der Waals surface area contributed by atoms with E-state index in [1.54, 1.807) is 7.05 Å². The van der Waals surface area contributed by atoms with Gasteiger partial charge in [-0.1, -0.05) is 6.07 Å². The molecule has 1 aromatic heterocycles. The fourth-order valence-electron chi connectivity index (χ4n) is 1.59. The number of rotatable bonds is 2. The quantitative estimate of drug-likeness (QED) is 0.855. The molecular weight excluding hydrogens is 219 g/mol. The van der Waals surface area contributed by atoms with E-state index < -0.39 is 11.7 Å². The molecule has 0 amide bonds. The molecule has 0 aliphatic heterocycles. The van der Waals surface area contributed by atoms with E-state index in [1.807, 2.05) is 0 Å². The van der Waals surface area contributed by atoms with Crippen molar-refractivity contribution in [3.63, 3.8) is 0 Å². The van der Waals surface area contributed by atoms with Crippen LogP contribution in [0.4, 0.5) is 13.2 Å². The van der Waals surface area contributed by atoms with E-state index in [9.17, 15) is 13.2 Å². The second-order valence-corrected chi connectivity index (χ2v) is 3.50. The lowest BCUT2D eigenvalue weighted by molar-refractivity contribution is -0.137. The zero-order valence-corrected chi connectivity index (χ0v) is 8.56. The molecule has 0 fully saturated rings. The molecule has 0 saturated carbocycles. The number of hydrogen-bond donors (Lipinski definition) is 1. The number of fused-ring (bicyclic) bond motifs is 1. The molecule has 0 unspecified atom stereocenters. The van der Waals surface area contributed by atoms with Crippen LogP contribution in [0.3, 0.4) is 0 Å². The van der Waals surface area contributed by atoms with Crippen molar-refractivity contribution in [1.29, 1.82) is 0 Å². The second kappa shape index (κ2) is 3.83. The molecule has 2 rings (SSSR count). The molecule has 0 radical (unpaired) electrons. The summed E-state index contributed by atoms with van der Waals surface area (Å²) in [6.07, 6.45) is -2.86. The van der Waals surface area contributed by atoms with Crippen molar-refractivity contribution in [2.75, 3.05) is 7.05 Å². The van der Waals surface area contributed by atoms with Crippen LogP contribution in [-0.2, 0) is 12.7 Å². The van der Waals surface area contributed by atoms with Crippen molar-refractivity contribution in [3.8, 4) is 0 Å². The summed E-state index contributed by atoms with van der Waals surface area (Å²) >= 11 is 0. The molecule has 86 valence electrons. The summed E-state index contributed by atoms with van der Waals surface area (Å²) < 4.78 is 42.3. The minimum absolute atomic E-state index is 0.264. The lowest BCUT2D eigenvalue weighted by Gasteiger charge is -2.05. The first kappa shape index (κ1) is 11.0. The molecule has 16 heavy (non-hydrogen) atoms. The van der Waals surface area contributed by atoms with Crippen molar-refractivity contribution >= 4 is 11.0 Å². The smallest absolute Gasteiger partial charge is 0.416 e. The van der Waals surface area contributed by atoms with E-state index in [0.29, 0.717) is 11.9 Å². The predicted molar refractivity (Wildman–Crippen MR) is 54.0 cm³/mol. The summed E-state index contributed by atoms with van der Waals surface area (Å²) in [5.74, 6) is 0. The minimum Gasteiger partial charge on any atom is -0.464 e. The zero-order valence-electron chi connectivity index (χ0n) is 8.56.